The summed E-state index contributed by atoms with van der Waals surface area (Å²) in [5.41, 5.74) is 0. The minimum atomic E-state index is -1.05. The van der Waals surface area contributed by atoms with Crippen molar-refractivity contribution >= 4 is 17.9 Å². The van der Waals surface area contributed by atoms with Crippen molar-refractivity contribution in [1.82, 2.24) is 0 Å². The Morgan fingerprint density at radius 3 is 1.81 bits per heavy atom. The van der Waals surface area contributed by atoms with Crippen molar-refractivity contribution in [2.75, 3.05) is 20.3 Å². The first-order valence-corrected chi connectivity index (χ1v) is 13.6. The molecule has 10 nitrogen and oxygen atoms in total. The van der Waals surface area contributed by atoms with Gasteiger partial charge in [-0.05, 0) is 31.6 Å². The summed E-state index contributed by atoms with van der Waals surface area (Å²) in [7, 11) is 1.58. The van der Waals surface area contributed by atoms with Gasteiger partial charge in [0.1, 0.15) is 0 Å². The van der Waals surface area contributed by atoms with Gasteiger partial charge in [-0.3, -0.25) is 14.4 Å². The minimum absolute atomic E-state index is 0.0507. The Kier molecular flexibility index (Phi) is 12.8. The second kappa shape index (κ2) is 15.0. The third-order valence-corrected chi connectivity index (χ3v) is 7.74. The van der Waals surface area contributed by atoms with Gasteiger partial charge < -0.3 is 33.9 Å². The Hall–Kier alpha value is -1.75. The van der Waals surface area contributed by atoms with Gasteiger partial charge in [0.05, 0.1) is 43.7 Å². The smallest absolute Gasteiger partial charge is 0.305 e. The Labute approximate surface area is 220 Å². The molecule has 0 spiro atoms. The molecular weight excluding hydrogens is 484 g/mol. The molecule has 37 heavy (non-hydrogen) atoms. The Morgan fingerprint density at radius 1 is 0.784 bits per heavy atom. The van der Waals surface area contributed by atoms with Gasteiger partial charge in [-0.1, -0.05) is 27.7 Å². The van der Waals surface area contributed by atoms with Crippen molar-refractivity contribution in [1.29, 1.82) is 0 Å². The number of ether oxygens (including phenoxy) is 5. The zero-order valence-corrected chi connectivity index (χ0v) is 23.1. The van der Waals surface area contributed by atoms with Gasteiger partial charge in [0.25, 0.3) is 0 Å². The number of methoxy groups -OCH3 is 1. The molecule has 214 valence electrons. The molecule has 0 aromatic rings. The maximum Gasteiger partial charge on any atom is 0.305 e. The number of hydrogen-bond acceptors (Lipinski definition) is 10. The molecule has 0 aromatic heterocycles. The lowest BCUT2D eigenvalue weighted by atomic mass is 9.74. The molecule has 10 heteroatoms. The topological polar surface area (TPSA) is 138 Å². The molecule has 0 saturated heterocycles. The third-order valence-electron chi connectivity index (χ3n) is 7.74. The van der Waals surface area contributed by atoms with Gasteiger partial charge in [-0.2, -0.15) is 0 Å². The lowest BCUT2D eigenvalue weighted by Gasteiger charge is -2.48. The fourth-order valence-corrected chi connectivity index (χ4v) is 5.40. The SMILES string of the molecule is CCCC(=O)OCC1C[C@@H](OC)C(C)[C@@H](O)[C@@H]1O[C@@H]1C[C@@H](COC(=O)CCC)[C@@H](C)C(O)C1OC(C)=O. The van der Waals surface area contributed by atoms with Gasteiger partial charge in [0, 0.05) is 44.6 Å². The number of hydrogen-bond donors (Lipinski definition) is 2. The number of aliphatic hydroxyl groups is 2. The van der Waals surface area contributed by atoms with Crippen molar-refractivity contribution in [2.24, 2.45) is 23.7 Å². The van der Waals surface area contributed by atoms with Crippen LogP contribution in [0.2, 0.25) is 0 Å². The molecule has 2 aliphatic carbocycles. The molecule has 0 aliphatic heterocycles. The molecule has 2 saturated carbocycles. The molecule has 0 amide bonds. The molecule has 4 unspecified atom stereocenters. The van der Waals surface area contributed by atoms with E-state index in [-0.39, 0.29) is 54.9 Å². The normalized spacial score (nSPS) is 36.0. The minimum Gasteiger partial charge on any atom is -0.465 e. The zero-order valence-electron chi connectivity index (χ0n) is 23.1. The van der Waals surface area contributed by atoms with Gasteiger partial charge in [-0.25, -0.2) is 0 Å². The van der Waals surface area contributed by atoms with E-state index in [1.165, 1.54) is 6.92 Å². The van der Waals surface area contributed by atoms with E-state index in [2.05, 4.69) is 0 Å². The monoisotopic (exact) mass is 530 g/mol. The second-order valence-electron chi connectivity index (χ2n) is 10.5. The summed E-state index contributed by atoms with van der Waals surface area (Å²) in [6, 6.07) is 0. The average molecular weight is 531 g/mol. The van der Waals surface area contributed by atoms with Crippen molar-refractivity contribution in [3.63, 3.8) is 0 Å². The molecule has 0 bridgehead atoms. The Balaban J connectivity index is 2.26. The zero-order chi connectivity index (χ0) is 27.7. The van der Waals surface area contributed by atoms with E-state index in [0.29, 0.717) is 38.5 Å². The summed E-state index contributed by atoms with van der Waals surface area (Å²) in [6.45, 7) is 8.90. The van der Waals surface area contributed by atoms with E-state index in [1.54, 1.807) is 7.11 Å². The van der Waals surface area contributed by atoms with E-state index < -0.39 is 36.5 Å². The van der Waals surface area contributed by atoms with Crippen LogP contribution in [0.3, 0.4) is 0 Å². The van der Waals surface area contributed by atoms with Crippen LogP contribution in [0.15, 0.2) is 0 Å². The quantitative estimate of drug-likeness (QED) is 0.286. The lowest BCUT2D eigenvalue weighted by Crippen LogP contribution is -2.58. The summed E-state index contributed by atoms with van der Waals surface area (Å²) in [6.07, 6.45) is -1.92. The fourth-order valence-electron chi connectivity index (χ4n) is 5.40. The summed E-state index contributed by atoms with van der Waals surface area (Å²) in [5, 5.41) is 22.3. The first-order chi connectivity index (χ1) is 17.5. The number of esters is 3. The van der Waals surface area contributed by atoms with Crippen LogP contribution in [-0.4, -0.2) is 85.1 Å². The van der Waals surface area contributed by atoms with Crippen LogP contribution in [0.25, 0.3) is 0 Å². The van der Waals surface area contributed by atoms with Crippen LogP contribution in [0.1, 0.15) is 73.1 Å². The van der Waals surface area contributed by atoms with Crippen molar-refractivity contribution in [2.45, 2.75) is 110 Å². The highest BCUT2D eigenvalue weighted by Gasteiger charge is 2.50. The molecule has 0 radical (unpaired) electrons. The highest BCUT2D eigenvalue weighted by atomic mass is 16.6. The fraction of sp³-hybridized carbons (Fsp3) is 0.889. The number of rotatable bonds is 12. The van der Waals surface area contributed by atoms with Gasteiger partial charge >= 0.3 is 17.9 Å². The van der Waals surface area contributed by atoms with Crippen molar-refractivity contribution < 1.29 is 48.3 Å². The van der Waals surface area contributed by atoms with Crippen LogP contribution in [0, 0.1) is 23.7 Å². The standard InChI is InChI=1S/C27H46O10/c1-7-9-22(29)34-13-18-11-21(27(36-17(5)28)24(31)15(18)3)37-26-19(14-35-23(30)10-8-2)12-20(33-6)16(4)25(26)32/h15-16,18-21,24-27,31-32H,7-14H2,1-6H3/t15-,16?,18+,19?,20-,21-,24?,25-,26-,27?/m1/s1. The van der Waals surface area contributed by atoms with Crippen LogP contribution in [0.4, 0.5) is 0 Å². The Morgan fingerprint density at radius 2 is 1.30 bits per heavy atom. The summed E-state index contributed by atoms with van der Waals surface area (Å²) in [4.78, 5) is 35.9. The van der Waals surface area contributed by atoms with E-state index in [0.717, 1.165) is 0 Å². The highest BCUT2D eigenvalue weighted by molar-refractivity contribution is 5.69. The summed E-state index contributed by atoms with van der Waals surface area (Å²) in [5.74, 6) is -2.37. The van der Waals surface area contributed by atoms with E-state index in [9.17, 15) is 24.6 Å². The number of aliphatic hydroxyl groups excluding tert-OH is 2. The molecule has 10 atom stereocenters. The first kappa shape index (κ1) is 31.5. The molecular formula is C27H46O10. The van der Waals surface area contributed by atoms with Crippen LogP contribution < -0.4 is 0 Å². The third kappa shape index (κ3) is 8.63. The highest BCUT2D eigenvalue weighted by Crippen LogP contribution is 2.39. The van der Waals surface area contributed by atoms with E-state index in [1.807, 2.05) is 27.7 Å². The van der Waals surface area contributed by atoms with Gasteiger partial charge in [-0.15, -0.1) is 0 Å². The summed E-state index contributed by atoms with van der Waals surface area (Å²) >= 11 is 0. The average Bonchev–Trinajstić information content (AvgIpc) is 2.85. The lowest BCUT2D eigenvalue weighted by molar-refractivity contribution is -0.230. The molecule has 0 aromatic carbocycles. The number of carbonyl (C=O) groups excluding carboxylic acids is 3. The maximum absolute atomic E-state index is 12.1. The molecule has 2 fully saturated rings. The largest absolute Gasteiger partial charge is 0.465 e. The first-order valence-electron chi connectivity index (χ1n) is 13.6. The van der Waals surface area contributed by atoms with E-state index in [4.69, 9.17) is 23.7 Å². The van der Waals surface area contributed by atoms with Gasteiger partial charge in [0.2, 0.25) is 0 Å². The molecule has 0 heterocycles. The van der Waals surface area contributed by atoms with E-state index >= 15 is 0 Å². The second-order valence-corrected chi connectivity index (χ2v) is 10.5. The van der Waals surface area contributed by atoms with Crippen LogP contribution >= 0.6 is 0 Å². The van der Waals surface area contributed by atoms with Crippen molar-refractivity contribution in [3.8, 4) is 0 Å². The molecule has 2 aliphatic rings. The molecule has 2 N–H and O–H groups in total. The summed E-state index contributed by atoms with van der Waals surface area (Å²) < 4.78 is 28.4. The van der Waals surface area contributed by atoms with Gasteiger partial charge in [0.15, 0.2) is 6.10 Å². The predicted molar refractivity (Wildman–Crippen MR) is 133 cm³/mol. The van der Waals surface area contributed by atoms with Crippen LogP contribution in [0.5, 0.6) is 0 Å². The molecule has 2 rings (SSSR count). The Bertz CT molecular complexity index is 743. The number of carbonyl (C=O) groups is 3. The predicted octanol–water partition coefficient (Wildman–Crippen LogP) is 2.41. The van der Waals surface area contributed by atoms with Crippen molar-refractivity contribution in [3.05, 3.63) is 0 Å². The maximum atomic E-state index is 12.1. The van der Waals surface area contributed by atoms with Crippen LogP contribution in [-0.2, 0) is 38.1 Å².